The van der Waals surface area contributed by atoms with Crippen molar-refractivity contribution in [2.45, 2.75) is 13.8 Å². The monoisotopic (exact) mass is 438 g/mol. The van der Waals surface area contributed by atoms with Crippen LogP contribution in [0.15, 0.2) is 58.7 Å². The molecule has 152 valence electrons. The van der Waals surface area contributed by atoms with Crippen molar-refractivity contribution in [1.29, 1.82) is 0 Å². The molecule has 0 unspecified atom stereocenters. The Kier molecular flexibility index (Phi) is 5.65. The standard InChI is InChI=1S/C22H19ClN4O2S/c1-13-9-15(14(2)27(13)17-5-4-8-24-12-17)10-20-21(28)26-22(30-20)25-18-11-16(23)6-7-19(18)29-3/h4-12H,1-3H3,(H,25,26,28)/b20-10-. The number of aryl methyl sites for hydroxylation is 1. The lowest BCUT2D eigenvalue weighted by molar-refractivity contribution is -0.115. The number of carbonyl (C=O) groups is 1. The summed E-state index contributed by atoms with van der Waals surface area (Å²) in [5.41, 5.74) is 4.60. The SMILES string of the molecule is COc1ccc(Cl)cc1N=C1NC(=O)/C(=C/c2cc(C)n(-c3cccnc3)c2C)S1. The predicted octanol–water partition coefficient (Wildman–Crippen LogP) is 5.04. The number of methoxy groups -OCH3 is 1. The molecule has 0 radical (unpaired) electrons. The third kappa shape index (κ3) is 3.99. The molecular weight excluding hydrogens is 420 g/mol. The summed E-state index contributed by atoms with van der Waals surface area (Å²) in [4.78, 5) is 21.8. The number of ether oxygens (including phenoxy) is 1. The molecule has 0 bridgehead atoms. The number of amides is 1. The molecule has 1 saturated heterocycles. The summed E-state index contributed by atoms with van der Waals surface area (Å²) in [6, 6.07) is 11.1. The maximum Gasteiger partial charge on any atom is 0.264 e. The van der Waals surface area contributed by atoms with Gasteiger partial charge in [-0.2, -0.15) is 0 Å². The van der Waals surface area contributed by atoms with E-state index < -0.39 is 0 Å². The highest BCUT2D eigenvalue weighted by molar-refractivity contribution is 8.18. The second-order valence-corrected chi connectivity index (χ2v) is 8.14. The number of halogens is 1. The fourth-order valence-corrected chi connectivity index (χ4v) is 4.29. The largest absolute Gasteiger partial charge is 0.494 e. The molecule has 0 saturated carbocycles. The summed E-state index contributed by atoms with van der Waals surface area (Å²) in [6.07, 6.45) is 5.44. The van der Waals surface area contributed by atoms with E-state index in [2.05, 4.69) is 25.9 Å². The Hall–Kier alpha value is -3.03. The number of nitrogens with one attached hydrogen (secondary N) is 1. The molecule has 4 rings (SSSR count). The number of rotatable bonds is 4. The Bertz CT molecular complexity index is 1190. The van der Waals surface area contributed by atoms with E-state index in [1.165, 1.54) is 11.8 Å². The Morgan fingerprint density at radius 3 is 2.83 bits per heavy atom. The minimum Gasteiger partial charge on any atom is -0.494 e. The van der Waals surface area contributed by atoms with Gasteiger partial charge in [0.25, 0.3) is 5.91 Å². The Morgan fingerprint density at radius 1 is 1.27 bits per heavy atom. The molecule has 1 aliphatic heterocycles. The van der Waals surface area contributed by atoms with Crippen LogP contribution in [0, 0.1) is 13.8 Å². The van der Waals surface area contributed by atoms with Crippen LogP contribution in [0.2, 0.25) is 5.02 Å². The third-order valence-corrected chi connectivity index (χ3v) is 5.82. The van der Waals surface area contributed by atoms with Crippen molar-refractivity contribution in [2.75, 3.05) is 7.11 Å². The number of nitrogens with zero attached hydrogens (tertiary/aromatic N) is 3. The highest BCUT2D eigenvalue weighted by Gasteiger charge is 2.25. The molecule has 3 aromatic rings. The van der Waals surface area contributed by atoms with Crippen molar-refractivity contribution in [3.05, 3.63) is 75.7 Å². The zero-order valence-corrected chi connectivity index (χ0v) is 18.2. The van der Waals surface area contributed by atoms with Gasteiger partial charge in [0.05, 0.1) is 23.9 Å². The van der Waals surface area contributed by atoms with Crippen LogP contribution >= 0.6 is 23.4 Å². The number of amidine groups is 1. The maximum atomic E-state index is 12.5. The number of aliphatic imine (C=N–C) groups is 1. The molecule has 1 aromatic carbocycles. The lowest BCUT2D eigenvalue weighted by Gasteiger charge is -2.08. The van der Waals surface area contributed by atoms with Crippen molar-refractivity contribution < 1.29 is 9.53 Å². The summed E-state index contributed by atoms with van der Waals surface area (Å²) in [7, 11) is 1.57. The number of hydrogen-bond donors (Lipinski definition) is 1. The van der Waals surface area contributed by atoms with Gasteiger partial charge in [0.2, 0.25) is 0 Å². The molecule has 3 heterocycles. The van der Waals surface area contributed by atoms with Gasteiger partial charge in [-0.05, 0) is 73.6 Å². The van der Waals surface area contributed by atoms with E-state index in [1.54, 1.807) is 31.5 Å². The zero-order valence-electron chi connectivity index (χ0n) is 16.6. The van der Waals surface area contributed by atoms with Crippen LogP contribution in [0.1, 0.15) is 17.0 Å². The van der Waals surface area contributed by atoms with Crippen molar-refractivity contribution in [3.63, 3.8) is 0 Å². The van der Waals surface area contributed by atoms with Gasteiger partial charge >= 0.3 is 0 Å². The molecule has 6 nitrogen and oxygen atoms in total. The molecular formula is C22H19ClN4O2S. The van der Waals surface area contributed by atoms with E-state index in [9.17, 15) is 4.79 Å². The molecule has 1 fully saturated rings. The van der Waals surface area contributed by atoms with Gasteiger partial charge < -0.3 is 14.6 Å². The fourth-order valence-electron chi connectivity index (χ4n) is 3.30. The molecule has 1 N–H and O–H groups in total. The normalized spacial score (nSPS) is 16.3. The molecule has 2 aromatic heterocycles. The van der Waals surface area contributed by atoms with Crippen LogP contribution < -0.4 is 10.1 Å². The van der Waals surface area contributed by atoms with Crippen molar-refractivity contribution >= 4 is 46.2 Å². The Morgan fingerprint density at radius 2 is 2.10 bits per heavy atom. The second-order valence-electron chi connectivity index (χ2n) is 6.67. The molecule has 30 heavy (non-hydrogen) atoms. The average molecular weight is 439 g/mol. The second kappa shape index (κ2) is 8.38. The smallest absolute Gasteiger partial charge is 0.264 e. The van der Waals surface area contributed by atoms with E-state index in [0.717, 1.165) is 22.6 Å². The van der Waals surface area contributed by atoms with Gasteiger partial charge in [0.15, 0.2) is 5.17 Å². The Labute approximate surface area is 183 Å². The van der Waals surface area contributed by atoms with Crippen LogP contribution in [0.25, 0.3) is 11.8 Å². The third-order valence-electron chi connectivity index (χ3n) is 4.67. The van der Waals surface area contributed by atoms with Gasteiger partial charge in [-0.15, -0.1) is 0 Å². The van der Waals surface area contributed by atoms with Crippen molar-refractivity contribution in [3.8, 4) is 11.4 Å². The quantitative estimate of drug-likeness (QED) is 0.579. The minimum atomic E-state index is -0.189. The molecule has 0 spiro atoms. The summed E-state index contributed by atoms with van der Waals surface area (Å²) in [5, 5.41) is 3.83. The van der Waals surface area contributed by atoms with Gasteiger partial charge in [0, 0.05) is 22.6 Å². The van der Waals surface area contributed by atoms with E-state index in [-0.39, 0.29) is 5.91 Å². The highest BCUT2D eigenvalue weighted by Crippen LogP contribution is 2.34. The minimum absolute atomic E-state index is 0.189. The molecule has 1 amide bonds. The summed E-state index contributed by atoms with van der Waals surface area (Å²) in [6.45, 7) is 4.05. The summed E-state index contributed by atoms with van der Waals surface area (Å²) in [5.74, 6) is 0.394. The summed E-state index contributed by atoms with van der Waals surface area (Å²) < 4.78 is 7.44. The zero-order chi connectivity index (χ0) is 21.3. The van der Waals surface area contributed by atoms with Crippen molar-refractivity contribution in [2.24, 2.45) is 4.99 Å². The van der Waals surface area contributed by atoms with E-state index in [4.69, 9.17) is 16.3 Å². The van der Waals surface area contributed by atoms with E-state index in [0.29, 0.717) is 26.5 Å². The first-order chi connectivity index (χ1) is 14.5. The topological polar surface area (TPSA) is 68.5 Å². The predicted molar refractivity (Wildman–Crippen MR) is 122 cm³/mol. The number of carbonyl (C=O) groups excluding carboxylic acids is 1. The van der Waals surface area contributed by atoms with E-state index >= 15 is 0 Å². The Balaban J connectivity index is 1.65. The number of hydrogen-bond acceptors (Lipinski definition) is 5. The number of pyridine rings is 1. The number of aromatic nitrogens is 2. The first-order valence-electron chi connectivity index (χ1n) is 9.18. The molecule has 8 heteroatoms. The van der Waals surface area contributed by atoms with Gasteiger partial charge in [-0.25, -0.2) is 4.99 Å². The summed E-state index contributed by atoms with van der Waals surface area (Å²) >= 11 is 7.36. The molecule has 0 atom stereocenters. The van der Waals surface area contributed by atoms with Crippen molar-refractivity contribution in [1.82, 2.24) is 14.9 Å². The lowest BCUT2D eigenvalue weighted by atomic mass is 10.2. The highest BCUT2D eigenvalue weighted by atomic mass is 35.5. The number of thioether (sulfide) groups is 1. The first-order valence-corrected chi connectivity index (χ1v) is 10.4. The van der Waals surface area contributed by atoms with Crippen LogP contribution in [0.4, 0.5) is 5.69 Å². The van der Waals surface area contributed by atoms with Gasteiger partial charge in [0.1, 0.15) is 11.4 Å². The molecule has 0 aliphatic carbocycles. The first kappa shape index (κ1) is 20.3. The van der Waals surface area contributed by atoms with Gasteiger partial charge in [-0.1, -0.05) is 11.6 Å². The fraction of sp³-hybridized carbons (Fsp3) is 0.136. The van der Waals surface area contributed by atoms with E-state index in [1.807, 2.05) is 38.3 Å². The van der Waals surface area contributed by atoms with Crippen LogP contribution in [-0.4, -0.2) is 27.7 Å². The van der Waals surface area contributed by atoms with Crippen LogP contribution in [-0.2, 0) is 4.79 Å². The lowest BCUT2D eigenvalue weighted by Crippen LogP contribution is -2.19. The van der Waals surface area contributed by atoms with Gasteiger partial charge in [-0.3, -0.25) is 9.78 Å². The van der Waals surface area contributed by atoms with Crippen LogP contribution in [0.5, 0.6) is 5.75 Å². The van der Waals surface area contributed by atoms with Crippen LogP contribution in [0.3, 0.4) is 0 Å². The maximum absolute atomic E-state index is 12.5. The molecule has 1 aliphatic rings. The number of benzene rings is 1. The average Bonchev–Trinajstić information content (AvgIpc) is 3.21.